The van der Waals surface area contributed by atoms with E-state index in [-0.39, 0.29) is 0 Å². The lowest BCUT2D eigenvalue weighted by Gasteiger charge is -1.94. The normalized spacial score (nSPS) is 10.4. The summed E-state index contributed by atoms with van der Waals surface area (Å²) in [5.74, 6) is 5.21. The first kappa shape index (κ1) is 10.5. The van der Waals surface area contributed by atoms with Crippen LogP contribution in [-0.4, -0.2) is 13.3 Å². The monoisotopic (exact) mass is 163 g/mol. The Balaban J connectivity index is 4.47. The average Bonchev–Trinajstić information content (AvgIpc) is 2.11. The third kappa shape index (κ3) is 5.27. The maximum absolute atomic E-state index is 5.21. The number of hydrogen-bond donors (Lipinski definition) is 2. The molecule has 0 amide bonds. The highest BCUT2D eigenvalue weighted by Gasteiger charge is 1.80. The molecule has 0 heterocycles. The summed E-state index contributed by atoms with van der Waals surface area (Å²) in [4.78, 5) is 3.78. The van der Waals surface area contributed by atoms with E-state index in [0.717, 1.165) is 5.70 Å². The summed E-state index contributed by atoms with van der Waals surface area (Å²) in [6.45, 7) is 1.87. The molecule has 0 atom stereocenters. The van der Waals surface area contributed by atoms with Gasteiger partial charge >= 0.3 is 0 Å². The summed E-state index contributed by atoms with van der Waals surface area (Å²) in [6.07, 6.45) is 6.83. The zero-order chi connectivity index (χ0) is 9.23. The van der Waals surface area contributed by atoms with Crippen LogP contribution in [0.4, 0.5) is 0 Å². The smallest absolute Gasteiger partial charge is 0.0583 e. The Labute approximate surface area is 72.7 Å². The van der Waals surface area contributed by atoms with Crippen molar-refractivity contribution < 1.29 is 0 Å². The van der Waals surface area contributed by atoms with Crippen molar-refractivity contribution in [3.8, 4) is 0 Å². The Morgan fingerprint density at radius 1 is 1.50 bits per heavy atom. The van der Waals surface area contributed by atoms with Gasteiger partial charge in [-0.2, -0.15) is 0 Å². The molecule has 3 N–H and O–H groups in total. The van der Waals surface area contributed by atoms with Gasteiger partial charge in [0.15, 0.2) is 0 Å². The fourth-order valence-electron chi connectivity index (χ4n) is 0.495. The standard InChI is InChI=1S/C9H13N3/c1-3-4-5-6-9(12-10)7-8-11-2/h3,6-8,12H,10H2,1-2H3/b6-3?,9-7+,11-8?. The van der Waals surface area contributed by atoms with Gasteiger partial charge in [0.25, 0.3) is 0 Å². The van der Waals surface area contributed by atoms with Gasteiger partial charge in [-0.3, -0.25) is 10.8 Å². The molecule has 0 aromatic carbocycles. The highest BCUT2D eigenvalue weighted by molar-refractivity contribution is 5.72. The van der Waals surface area contributed by atoms with Crippen LogP contribution in [0.1, 0.15) is 6.92 Å². The Morgan fingerprint density at radius 3 is 2.75 bits per heavy atom. The van der Waals surface area contributed by atoms with Gasteiger partial charge in [-0.1, -0.05) is 11.5 Å². The van der Waals surface area contributed by atoms with Crippen molar-refractivity contribution >= 4 is 6.21 Å². The molecule has 0 unspecified atom stereocenters. The van der Waals surface area contributed by atoms with Gasteiger partial charge in [0.1, 0.15) is 0 Å². The zero-order valence-corrected chi connectivity index (χ0v) is 7.33. The van der Waals surface area contributed by atoms with Crippen LogP contribution in [0, 0.1) is 0 Å². The number of rotatable bonds is 3. The minimum absolute atomic E-state index is 0.731. The van der Waals surface area contributed by atoms with E-state index in [1.165, 1.54) is 0 Å². The lowest BCUT2D eigenvalue weighted by Crippen LogP contribution is -2.19. The first-order valence-corrected chi connectivity index (χ1v) is 3.56. The molecule has 0 saturated heterocycles. The van der Waals surface area contributed by atoms with Gasteiger partial charge in [0.2, 0.25) is 0 Å². The van der Waals surface area contributed by atoms with E-state index in [9.17, 15) is 0 Å². The van der Waals surface area contributed by atoms with Crippen LogP contribution in [0.25, 0.3) is 0 Å². The third-order valence-electron chi connectivity index (χ3n) is 1.03. The second-order valence-corrected chi connectivity index (χ2v) is 1.90. The Kier molecular flexibility index (Phi) is 6.61. The number of hydrazine groups is 1. The highest BCUT2D eigenvalue weighted by atomic mass is 15.2. The Bertz CT molecular complexity index is 261. The molecular weight excluding hydrogens is 150 g/mol. The lowest BCUT2D eigenvalue weighted by molar-refractivity contribution is 0.919. The molecule has 12 heavy (non-hydrogen) atoms. The van der Waals surface area contributed by atoms with Crippen molar-refractivity contribution in [2.45, 2.75) is 6.92 Å². The van der Waals surface area contributed by atoms with Gasteiger partial charge < -0.3 is 5.43 Å². The summed E-state index contributed by atoms with van der Waals surface area (Å²) in [6, 6.07) is 0. The predicted octanol–water partition coefficient (Wildman–Crippen LogP) is 0.921. The van der Waals surface area contributed by atoms with Crippen molar-refractivity contribution in [1.29, 1.82) is 0 Å². The number of nitrogens with two attached hydrogens (primary N) is 1. The molecule has 0 spiro atoms. The maximum atomic E-state index is 5.21. The first-order chi connectivity index (χ1) is 5.85. The topological polar surface area (TPSA) is 50.4 Å². The number of hydrogen-bond acceptors (Lipinski definition) is 3. The molecule has 0 bridgehead atoms. The summed E-state index contributed by atoms with van der Waals surface area (Å²) < 4.78 is 0. The van der Waals surface area contributed by atoms with Crippen molar-refractivity contribution in [2.24, 2.45) is 10.8 Å². The third-order valence-corrected chi connectivity index (χ3v) is 1.03. The number of allylic oxidation sites excluding steroid dienone is 3. The fourth-order valence-corrected chi connectivity index (χ4v) is 0.495. The molecule has 0 aliphatic heterocycles. The SMILES string of the molecule is CC=C=C=C/C(=C\C=NC)NN. The quantitative estimate of drug-likeness (QED) is 0.214. The Morgan fingerprint density at radius 2 is 2.25 bits per heavy atom. The van der Waals surface area contributed by atoms with Crippen LogP contribution in [0.5, 0.6) is 0 Å². The predicted molar refractivity (Wildman–Crippen MR) is 51.7 cm³/mol. The molecule has 64 valence electrons. The van der Waals surface area contributed by atoms with Gasteiger partial charge in [0.05, 0.1) is 5.70 Å². The summed E-state index contributed by atoms with van der Waals surface area (Å²) in [7, 11) is 1.69. The minimum atomic E-state index is 0.731. The summed E-state index contributed by atoms with van der Waals surface area (Å²) in [5, 5.41) is 0. The second kappa shape index (κ2) is 7.58. The molecule has 0 radical (unpaired) electrons. The van der Waals surface area contributed by atoms with E-state index in [0.29, 0.717) is 0 Å². The van der Waals surface area contributed by atoms with Crippen molar-refractivity contribution in [2.75, 3.05) is 7.05 Å². The van der Waals surface area contributed by atoms with Crippen LogP contribution in [0.3, 0.4) is 0 Å². The summed E-state index contributed by atoms with van der Waals surface area (Å²) >= 11 is 0. The number of aliphatic imine (C=N–C) groups is 1. The molecule has 0 saturated carbocycles. The molecular formula is C9H13N3. The lowest BCUT2D eigenvalue weighted by atomic mass is 10.4. The molecule has 3 heteroatoms. The highest BCUT2D eigenvalue weighted by Crippen LogP contribution is 1.85. The Hall–Kier alpha value is -1.53. The van der Waals surface area contributed by atoms with E-state index in [1.54, 1.807) is 31.5 Å². The van der Waals surface area contributed by atoms with Gasteiger partial charge in [-0.25, -0.2) is 0 Å². The maximum Gasteiger partial charge on any atom is 0.0583 e. The molecule has 0 fully saturated rings. The van der Waals surface area contributed by atoms with E-state index in [2.05, 4.69) is 21.9 Å². The molecule has 0 aromatic rings. The van der Waals surface area contributed by atoms with E-state index in [1.807, 2.05) is 6.92 Å². The van der Waals surface area contributed by atoms with E-state index in [4.69, 9.17) is 5.84 Å². The summed E-state index contributed by atoms with van der Waals surface area (Å²) in [5.41, 5.74) is 8.80. The first-order valence-electron chi connectivity index (χ1n) is 3.56. The molecule has 0 aliphatic rings. The van der Waals surface area contributed by atoms with Crippen molar-refractivity contribution in [3.05, 3.63) is 35.4 Å². The number of nitrogens with one attached hydrogen (secondary N) is 1. The van der Waals surface area contributed by atoms with Crippen molar-refractivity contribution in [3.63, 3.8) is 0 Å². The minimum Gasteiger partial charge on any atom is -0.323 e. The van der Waals surface area contributed by atoms with Gasteiger partial charge in [-0.05, 0) is 19.1 Å². The molecule has 0 rings (SSSR count). The second-order valence-electron chi connectivity index (χ2n) is 1.90. The largest absolute Gasteiger partial charge is 0.323 e. The molecule has 0 aliphatic carbocycles. The zero-order valence-electron chi connectivity index (χ0n) is 7.33. The number of nitrogens with zero attached hydrogens (tertiary/aromatic N) is 1. The van der Waals surface area contributed by atoms with Crippen LogP contribution >= 0.6 is 0 Å². The van der Waals surface area contributed by atoms with Crippen LogP contribution in [0.15, 0.2) is 40.4 Å². The van der Waals surface area contributed by atoms with Crippen LogP contribution in [0.2, 0.25) is 0 Å². The van der Waals surface area contributed by atoms with Gasteiger partial charge in [-0.15, -0.1) is 0 Å². The van der Waals surface area contributed by atoms with E-state index < -0.39 is 0 Å². The fraction of sp³-hybridized carbons (Fsp3) is 0.222. The molecule has 3 nitrogen and oxygen atoms in total. The van der Waals surface area contributed by atoms with Gasteiger partial charge in [0, 0.05) is 19.3 Å². The van der Waals surface area contributed by atoms with E-state index >= 15 is 0 Å². The molecule has 0 aromatic heterocycles. The average molecular weight is 163 g/mol. The van der Waals surface area contributed by atoms with Crippen LogP contribution < -0.4 is 11.3 Å². The van der Waals surface area contributed by atoms with Crippen LogP contribution in [-0.2, 0) is 0 Å². The van der Waals surface area contributed by atoms with Crippen molar-refractivity contribution in [1.82, 2.24) is 5.43 Å².